The van der Waals surface area contributed by atoms with Crippen LogP contribution >= 0.6 is 79.6 Å². The highest BCUT2D eigenvalue weighted by Crippen LogP contribution is 2.37. The molecule has 10 aromatic carbocycles. The maximum atomic E-state index is 10.8. The summed E-state index contributed by atoms with van der Waals surface area (Å²) in [5.74, 6) is 1.87. The third-order valence-electron chi connectivity index (χ3n) is 15.0. The molecule has 0 N–H and O–H groups in total. The topological polar surface area (TPSA) is 197 Å². The number of nitro groups is 4. The number of alkyl halides is 5. The standard InChI is InChI=1S/C21H27BrO2.C17H21BrN2.2C13H9BrN2O4.C13H11Br/c1-3-5-15-23-19-11-7-17(8-12-19)21(22)18-9-13-20(14-10-18)24-16-6-4-2;1-19(2)15-9-5-13(6-10-15)17(18)14-7-11-16(12-8-14)20(3)4;14-13(9-1-5-11(6-2-9)15(17)18)10-3-7-12(8-4-10)16(19)20;14-13(9-3-1-5-11(7-9)15(17)18)10-4-2-6-12(8-10)16(19)20;14-13(11-7-3-1-4-8-11)12-9-5-2-6-10-12/h7-14,21H,3-6,15-16H2,1-2H3;5-12,17H,1-4H3;2*1-8,13H;1-10,13H. The number of unbranched alkanes of at least 4 members (excludes halogenated alkanes) is 2. The lowest BCUT2D eigenvalue weighted by Gasteiger charge is -2.17. The van der Waals surface area contributed by atoms with E-state index < -0.39 is 19.7 Å². The van der Waals surface area contributed by atoms with Crippen LogP contribution in [0.25, 0.3) is 0 Å². The molecule has 98 heavy (non-hydrogen) atoms. The molecule has 0 aromatic heterocycles. The first-order valence-electron chi connectivity index (χ1n) is 31.4. The van der Waals surface area contributed by atoms with E-state index in [0.717, 1.165) is 61.5 Å². The molecule has 0 spiro atoms. The van der Waals surface area contributed by atoms with Gasteiger partial charge in [0.15, 0.2) is 0 Å². The van der Waals surface area contributed by atoms with Crippen molar-refractivity contribution in [3.8, 4) is 11.5 Å². The second-order valence-corrected chi connectivity index (χ2v) is 27.1. The minimum atomic E-state index is -0.476. The number of benzene rings is 10. The van der Waals surface area contributed by atoms with Gasteiger partial charge in [-0.3, -0.25) is 40.5 Å². The molecule has 10 aromatic rings. The molecule has 0 atom stereocenters. The van der Waals surface area contributed by atoms with E-state index in [1.807, 2.05) is 36.4 Å². The molecule has 0 aliphatic rings. The van der Waals surface area contributed by atoms with Gasteiger partial charge >= 0.3 is 0 Å². The first-order valence-corrected chi connectivity index (χ1v) is 35.9. The van der Waals surface area contributed by atoms with E-state index in [-0.39, 0.29) is 42.1 Å². The average molecular weight is 1650 g/mol. The highest BCUT2D eigenvalue weighted by Gasteiger charge is 2.19. The Balaban J connectivity index is 0.000000195. The first kappa shape index (κ1) is 78.4. The Labute approximate surface area is 615 Å². The van der Waals surface area contributed by atoms with Crippen molar-refractivity contribution >= 4 is 114 Å². The molecular weight excluding hydrogens is 1570 g/mol. The van der Waals surface area contributed by atoms with Gasteiger partial charge in [0.1, 0.15) is 11.5 Å². The Kier molecular flexibility index (Phi) is 32.8. The van der Waals surface area contributed by atoms with Crippen molar-refractivity contribution in [3.63, 3.8) is 0 Å². The van der Waals surface area contributed by atoms with Gasteiger partial charge in [-0.2, -0.15) is 0 Å². The third kappa shape index (κ3) is 25.0. The number of rotatable bonds is 24. The fraction of sp³-hybridized carbons (Fsp3) is 0.221. The van der Waals surface area contributed by atoms with Crippen LogP contribution in [0.4, 0.5) is 34.1 Å². The summed E-state index contributed by atoms with van der Waals surface area (Å²) in [7, 11) is 8.22. The zero-order chi connectivity index (χ0) is 71.1. The molecule has 10 rings (SSSR count). The minimum Gasteiger partial charge on any atom is -0.494 e. The van der Waals surface area contributed by atoms with Gasteiger partial charge in [0.2, 0.25) is 0 Å². The largest absolute Gasteiger partial charge is 0.494 e. The van der Waals surface area contributed by atoms with E-state index in [9.17, 15) is 40.5 Å². The summed E-state index contributed by atoms with van der Waals surface area (Å²) < 4.78 is 11.4. The number of anilines is 2. The van der Waals surface area contributed by atoms with Crippen LogP contribution in [-0.2, 0) is 0 Å². The molecule has 0 radical (unpaired) electrons. The van der Waals surface area contributed by atoms with E-state index in [2.05, 4.69) is 253 Å². The number of ether oxygens (including phenoxy) is 2. The first-order chi connectivity index (χ1) is 47.1. The second-order valence-electron chi connectivity index (χ2n) is 22.5. The second kappa shape index (κ2) is 41.0. The zero-order valence-corrected chi connectivity index (χ0v) is 63.0. The van der Waals surface area contributed by atoms with E-state index >= 15 is 0 Å². The summed E-state index contributed by atoms with van der Waals surface area (Å²) in [6.45, 7) is 5.91. The van der Waals surface area contributed by atoms with Gasteiger partial charge < -0.3 is 19.3 Å². The minimum absolute atomic E-state index is 0.0163. The molecule has 0 aliphatic heterocycles. The van der Waals surface area contributed by atoms with Crippen LogP contribution in [-0.4, -0.2) is 61.1 Å². The summed E-state index contributed by atoms with van der Waals surface area (Å²) in [6, 6.07) is 79.4. The molecular formula is C77H77Br5N6O10. The normalized spacial score (nSPS) is 10.6. The fourth-order valence-corrected chi connectivity index (χ4v) is 12.4. The zero-order valence-electron chi connectivity index (χ0n) is 55.0. The lowest BCUT2D eigenvalue weighted by atomic mass is 10.0. The number of hydrogen-bond donors (Lipinski definition) is 0. The Hall–Kier alpha value is -8.60. The van der Waals surface area contributed by atoms with E-state index in [4.69, 9.17) is 9.47 Å². The number of nitrogens with zero attached hydrogens (tertiary/aromatic N) is 6. The number of hydrogen-bond acceptors (Lipinski definition) is 12. The molecule has 510 valence electrons. The molecule has 0 bridgehead atoms. The van der Waals surface area contributed by atoms with E-state index in [1.165, 1.54) is 93.3 Å². The maximum Gasteiger partial charge on any atom is 0.269 e. The monoisotopic (exact) mass is 1640 g/mol. The number of nitro benzene ring substituents is 4. The molecule has 0 aliphatic carbocycles. The summed E-state index contributed by atoms with van der Waals surface area (Å²) in [5.41, 5.74) is 13.0. The van der Waals surface area contributed by atoms with Crippen molar-refractivity contribution in [2.75, 3.05) is 51.2 Å². The van der Waals surface area contributed by atoms with Crippen LogP contribution < -0.4 is 19.3 Å². The predicted octanol–water partition coefficient (Wildman–Crippen LogP) is 23.0. The van der Waals surface area contributed by atoms with Crippen molar-refractivity contribution < 1.29 is 29.2 Å². The van der Waals surface area contributed by atoms with Gasteiger partial charge in [0.25, 0.3) is 22.7 Å². The molecule has 0 saturated carbocycles. The van der Waals surface area contributed by atoms with Crippen molar-refractivity contribution in [2.24, 2.45) is 0 Å². The highest BCUT2D eigenvalue weighted by molar-refractivity contribution is 9.10. The number of non-ortho nitro benzene ring substituents is 4. The quantitative estimate of drug-likeness (QED) is 0.0240. The Bertz CT molecular complexity index is 3790. The predicted molar refractivity (Wildman–Crippen MR) is 414 cm³/mol. The van der Waals surface area contributed by atoms with Crippen molar-refractivity contribution in [1.29, 1.82) is 0 Å². The molecule has 0 unspecified atom stereocenters. The Morgan fingerprint density at radius 1 is 0.306 bits per heavy atom. The molecule has 0 amide bonds. The number of halogens is 5. The van der Waals surface area contributed by atoms with Crippen LogP contribution in [0.5, 0.6) is 11.5 Å². The molecule has 16 nitrogen and oxygen atoms in total. The summed E-state index contributed by atoms with van der Waals surface area (Å²) in [6.07, 6.45) is 4.49. The Morgan fingerprint density at radius 3 is 0.796 bits per heavy atom. The smallest absolute Gasteiger partial charge is 0.269 e. The van der Waals surface area contributed by atoms with E-state index in [0.29, 0.717) is 16.0 Å². The highest BCUT2D eigenvalue weighted by atomic mass is 79.9. The van der Waals surface area contributed by atoms with Crippen LogP contribution in [0.3, 0.4) is 0 Å². The lowest BCUT2D eigenvalue weighted by Crippen LogP contribution is -2.09. The fourth-order valence-electron chi connectivity index (χ4n) is 9.35. The van der Waals surface area contributed by atoms with Crippen LogP contribution in [0.1, 0.15) is 119 Å². The molecule has 0 heterocycles. The lowest BCUT2D eigenvalue weighted by molar-refractivity contribution is -0.385. The van der Waals surface area contributed by atoms with Crippen molar-refractivity contribution in [2.45, 2.75) is 63.7 Å². The van der Waals surface area contributed by atoms with Gasteiger partial charge in [-0.25, -0.2) is 0 Å². The summed E-state index contributed by atoms with van der Waals surface area (Å²) in [5, 5.41) is 42.7. The van der Waals surface area contributed by atoms with Gasteiger partial charge in [0.05, 0.1) is 57.0 Å². The van der Waals surface area contributed by atoms with Crippen LogP contribution in [0.2, 0.25) is 0 Å². The van der Waals surface area contributed by atoms with Gasteiger partial charge in [-0.1, -0.05) is 264 Å². The van der Waals surface area contributed by atoms with Crippen molar-refractivity contribution in [3.05, 3.63) is 351 Å². The summed E-state index contributed by atoms with van der Waals surface area (Å²) >= 11 is 18.2. The van der Waals surface area contributed by atoms with Crippen molar-refractivity contribution in [1.82, 2.24) is 0 Å². The maximum absolute atomic E-state index is 10.8. The van der Waals surface area contributed by atoms with Gasteiger partial charge in [0, 0.05) is 88.1 Å². The van der Waals surface area contributed by atoms with Crippen LogP contribution in [0.15, 0.2) is 255 Å². The molecule has 0 saturated heterocycles. The van der Waals surface area contributed by atoms with Crippen LogP contribution in [0, 0.1) is 40.5 Å². The summed E-state index contributed by atoms with van der Waals surface area (Å²) in [4.78, 5) is 45.2. The SMILES string of the molecule is BrC(c1ccccc1)c1ccccc1.CCCCOc1ccc(C(Br)c2ccc(OCCCC)cc2)cc1.CN(C)c1ccc(C(Br)c2ccc(N(C)C)cc2)cc1.O=[N+]([O-])c1ccc(C(Br)c2ccc([N+](=O)[O-])cc2)cc1.O=[N+]([O-])c1cccc(C(Br)c2cccc([N+](=O)[O-])c2)c1. The average Bonchev–Trinajstić information content (AvgIpc) is 0.870. The molecule has 21 heteroatoms. The third-order valence-corrected chi connectivity index (χ3v) is 20.3. The van der Waals surface area contributed by atoms with Gasteiger partial charge in [-0.05, 0) is 117 Å². The van der Waals surface area contributed by atoms with E-state index in [1.54, 1.807) is 48.5 Å². The van der Waals surface area contributed by atoms with Gasteiger partial charge in [-0.15, -0.1) is 0 Å². The molecule has 0 fully saturated rings. The Morgan fingerprint density at radius 2 is 0.541 bits per heavy atom.